The van der Waals surface area contributed by atoms with Crippen molar-refractivity contribution in [2.45, 2.75) is 6.92 Å². The monoisotopic (exact) mass is 397 g/mol. The van der Waals surface area contributed by atoms with E-state index < -0.39 is 0 Å². The summed E-state index contributed by atoms with van der Waals surface area (Å²) >= 11 is 12.7. The molecule has 0 amide bonds. The molecule has 2 heterocycles. The van der Waals surface area contributed by atoms with Gasteiger partial charge < -0.3 is 4.40 Å². The molecule has 0 aliphatic rings. The lowest BCUT2D eigenvalue weighted by Crippen LogP contribution is -2.09. The fraction of sp³-hybridized carbons (Fsp3) is 0.0455. The van der Waals surface area contributed by atoms with Crippen molar-refractivity contribution in [1.29, 1.82) is 0 Å². The van der Waals surface area contributed by atoms with Gasteiger partial charge >= 0.3 is 0 Å². The molecule has 4 rings (SSSR count). The second kappa shape index (κ2) is 6.84. The molecule has 0 spiro atoms. The summed E-state index contributed by atoms with van der Waals surface area (Å²) in [4.78, 5) is 12.7. The molecule has 134 valence electrons. The Balaban J connectivity index is 2.09. The van der Waals surface area contributed by atoms with E-state index in [1.54, 1.807) is 30.5 Å². The molecule has 2 aromatic carbocycles. The van der Waals surface area contributed by atoms with Gasteiger partial charge in [-0.15, -0.1) is 0 Å². The molecule has 0 radical (unpaired) electrons. The van der Waals surface area contributed by atoms with E-state index >= 15 is 0 Å². The van der Waals surface area contributed by atoms with Crippen LogP contribution in [0.1, 0.15) is 5.56 Å². The fourth-order valence-electron chi connectivity index (χ4n) is 3.36. The normalized spacial score (nSPS) is 11.1. The zero-order valence-corrected chi connectivity index (χ0v) is 15.9. The highest BCUT2D eigenvalue weighted by Crippen LogP contribution is 2.36. The average Bonchev–Trinajstić information content (AvgIpc) is 2.63. The van der Waals surface area contributed by atoms with Gasteiger partial charge in [-0.3, -0.25) is 4.79 Å². The summed E-state index contributed by atoms with van der Waals surface area (Å²) in [7, 11) is 0. The lowest BCUT2D eigenvalue weighted by Gasteiger charge is -2.15. The Morgan fingerprint density at radius 2 is 1.59 bits per heavy atom. The summed E-state index contributed by atoms with van der Waals surface area (Å²) in [5, 5.41) is 0.826. The van der Waals surface area contributed by atoms with Gasteiger partial charge in [0, 0.05) is 23.4 Å². The zero-order valence-electron chi connectivity index (χ0n) is 14.3. The van der Waals surface area contributed by atoms with Crippen molar-refractivity contribution in [2.24, 2.45) is 0 Å². The Morgan fingerprint density at radius 1 is 0.889 bits per heavy atom. The van der Waals surface area contributed by atoms with Gasteiger partial charge in [0.15, 0.2) is 5.43 Å². The van der Waals surface area contributed by atoms with Crippen molar-refractivity contribution in [3.05, 3.63) is 98.5 Å². The molecule has 2 aromatic heterocycles. The van der Waals surface area contributed by atoms with Gasteiger partial charge in [0.1, 0.15) is 5.82 Å². The Labute approximate surface area is 165 Å². The second-order valence-corrected chi connectivity index (χ2v) is 7.09. The molecule has 4 aromatic rings. The van der Waals surface area contributed by atoms with E-state index in [-0.39, 0.29) is 11.2 Å². The predicted molar refractivity (Wildman–Crippen MR) is 109 cm³/mol. The largest absolute Gasteiger partial charge is 0.316 e. The lowest BCUT2D eigenvalue weighted by atomic mass is 10.0. The predicted octanol–water partition coefficient (Wildman–Crippen LogP) is 6.39. The van der Waals surface area contributed by atoms with Crippen molar-refractivity contribution in [3.8, 4) is 22.4 Å². The highest BCUT2D eigenvalue weighted by Gasteiger charge is 2.17. The zero-order chi connectivity index (χ0) is 19.1. The van der Waals surface area contributed by atoms with E-state index in [4.69, 9.17) is 23.2 Å². The Hall–Kier alpha value is -2.62. The fourth-order valence-corrected chi connectivity index (χ4v) is 3.95. The van der Waals surface area contributed by atoms with Crippen LogP contribution in [0.15, 0.2) is 71.7 Å². The molecular formula is C22H14Cl2FNO. The van der Waals surface area contributed by atoms with Crippen LogP contribution in [0.25, 0.3) is 27.9 Å². The second-order valence-electron chi connectivity index (χ2n) is 6.28. The molecule has 0 aliphatic heterocycles. The summed E-state index contributed by atoms with van der Waals surface area (Å²) in [6.45, 7) is 1.85. The van der Waals surface area contributed by atoms with E-state index in [0.717, 1.165) is 16.8 Å². The molecule has 0 fully saturated rings. The van der Waals surface area contributed by atoms with Crippen LogP contribution in [0.3, 0.4) is 0 Å². The van der Waals surface area contributed by atoms with Gasteiger partial charge in [0.25, 0.3) is 0 Å². The van der Waals surface area contributed by atoms with Gasteiger partial charge in [-0.25, -0.2) is 4.39 Å². The van der Waals surface area contributed by atoms with Crippen LogP contribution in [0.2, 0.25) is 10.0 Å². The lowest BCUT2D eigenvalue weighted by molar-refractivity contribution is 0.627. The highest BCUT2D eigenvalue weighted by molar-refractivity contribution is 6.39. The number of hydrogen-bond acceptors (Lipinski definition) is 1. The van der Waals surface area contributed by atoms with Crippen LogP contribution in [0, 0.1) is 12.7 Å². The molecule has 0 bridgehead atoms. The molecule has 0 saturated carbocycles. The van der Waals surface area contributed by atoms with E-state index in [9.17, 15) is 9.18 Å². The van der Waals surface area contributed by atoms with Crippen LogP contribution >= 0.6 is 23.2 Å². The minimum atomic E-state index is -0.285. The standard InChI is InChI=1S/C22H14Cl2FNO/c1-13-12-14(25)8-9-15(13)18-6-3-7-19-22(20(27)10-11-26(18)19)21-16(23)4-2-5-17(21)24/h2-12H,1H3. The van der Waals surface area contributed by atoms with Crippen LogP contribution in [-0.4, -0.2) is 4.40 Å². The van der Waals surface area contributed by atoms with Crippen molar-refractivity contribution in [3.63, 3.8) is 0 Å². The Kier molecular flexibility index (Phi) is 4.50. The molecule has 5 heteroatoms. The summed E-state index contributed by atoms with van der Waals surface area (Å²) in [5.41, 5.74) is 3.98. The number of halogens is 3. The van der Waals surface area contributed by atoms with Crippen molar-refractivity contribution in [1.82, 2.24) is 4.40 Å². The number of aryl methyl sites for hydroxylation is 1. The van der Waals surface area contributed by atoms with Gasteiger partial charge in [-0.1, -0.05) is 35.3 Å². The number of hydrogen-bond donors (Lipinski definition) is 0. The van der Waals surface area contributed by atoms with Crippen molar-refractivity contribution in [2.75, 3.05) is 0 Å². The van der Waals surface area contributed by atoms with E-state index in [0.29, 0.717) is 26.7 Å². The maximum Gasteiger partial charge on any atom is 0.190 e. The maximum absolute atomic E-state index is 13.5. The third kappa shape index (κ3) is 3.03. The molecule has 0 unspecified atom stereocenters. The number of aromatic nitrogens is 1. The average molecular weight is 398 g/mol. The van der Waals surface area contributed by atoms with Gasteiger partial charge in [0.05, 0.1) is 26.8 Å². The van der Waals surface area contributed by atoms with Gasteiger partial charge in [0.2, 0.25) is 0 Å². The van der Waals surface area contributed by atoms with E-state index in [1.807, 2.05) is 29.5 Å². The van der Waals surface area contributed by atoms with Crippen LogP contribution < -0.4 is 5.43 Å². The third-order valence-corrected chi connectivity index (χ3v) is 5.21. The SMILES string of the molecule is Cc1cc(F)ccc1-c1cccc2c(-c3c(Cl)cccc3Cl)c(=O)ccn12. The summed E-state index contributed by atoms with van der Waals surface area (Å²) < 4.78 is 15.4. The first kappa shape index (κ1) is 17.8. The first-order valence-electron chi connectivity index (χ1n) is 8.32. The van der Waals surface area contributed by atoms with E-state index in [2.05, 4.69) is 0 Å². The number of fused-ring (bicyclic) bond motifs is 1. The number of nitrogens with zero attached hydrogens (tertiary/aromatic N) is 1. The van der Waals surface area contributed by atoms with Crippen LogP contribution in [0.4, 0.5) is 4.39 Å². The Morgan fingerprint density at radius 3 is 2.30 bits per heavy atom. The summed E-state index contributed by atoms with van der Waals surface area (Å²) in [6, 6.07) is 16.9. The number of pyridine rings is 2. The van der Waals surface area contributed by atoms with E-state index in [1.165, 1.54) is 18.2 Å². The van der Waals surface area contributed by atoms with Crippen molar-refractivity contribution < 1.29 is 4.39 Å². The van der Waals surface area contributed by atoms with Gasteiger partial charge in [-0.2, -0.15) is 0 Å². The quantitative estimate of drug-likeness (QED) is 0.384. The van der Waals surface area contributed by atoms with Crippen LogP contribution in [-0.2, 0) is 0 Å². The minimum Gasteiger partial charge on any atom is -0.316 e. The van der Waals surface area contributed by atoms with Gasteiger partial charge in [-0.05, 0) is 55.0 Å². The number of rotatable bonds is 2. The first-order valence-corrected chi connectivity index (χ1v) is 9.08. The first-order chi connectivity index (χ1) is 13.0. The van der Waals surface area contributed by atoms with Crippen molar-refractivity contribution >= 4 is 28.7 Å². The molecule has 0 N–H and O–H groups in total. The molecular weight excluding hydrogens is 384 g/mol. The summed E-state index contributed by atoms with van der Waals surface area (Å²) in [5.74, 6) is -0.285. The molecule has 27 heavy (non-hydrogen) atoms. The highest BCUT2D eigenvalue weighted by atomic mass is 35.5. The van der Waals surface area contributed by atoms with Crippen LogP contribution in [0.5, 0.6) is 0 Å². The molecule has 0 atom stereocenters. The summed E-state index contributed by atoms with van der Waals surface area (Å²) in [6.07, 6.45) is 1.71. The molecule has 2 nitrogen and oxygen atoms in total. The number of benzene rings is 2. The smallest absolute Gasteiger partial charge is 0.190 e. The topological polar surface area (TPSA) is 21.5 Å². The molecule has 0 aliphatic carbocycles. The maximum atomic E-state index is 13.5. The third-order valence-electron chi connectivity index (χ3n) is 4.58. The molecule has 0 saturated heterocycles. The minimum absolute atomic E-state index is 0.169. The Bertz CT molecular complexity index is 1230.